The van der Waals surface area contributed by atoms with Crippen LogP contribution in [0.5, 0.6) is 6.01 Å². The van der Waals surface area contributed by atoms with Gasteiger partial charge in [0.2, 0.25) is 0 Å². The van der Waals surface area contributed by atoms with E-state index in [2.05, 4.69) is 81.5 Å². The highest BCUT2D eigenvalue weighted by Gasteiger charge is 2.43. The molecule has 43 heavy (non-hydrogen) atoms. The molecule has 2 saturated carbocycles. The van der Waals surface area contributed by atoms with Crippen LogP contribution in [0.1, 0.15) is 55.3 Å². The third-order valence-corrected chi connectivity index (χ3v) is 9.77. The van der Waals surface area contributed by atoms with Gasteiger partial charge in [0.05, 0.1) is 36.4 Å². The second-order valence-electron chi connectivity index (χ2n) is 13.0. The van der Waals surface area contributed by atoms with Crippen molar-refractivity contribution < 1.29 is 9.47 Å². The Bertz CT molecular complexity index is 1540. The number of aromatic nitrogens is 2. The molecule has 9 heteroatoms. The van der Waals surface area contributed by atoms with E-state index >= 15 is 0 Å². The van der Waals surface area contributed by atoms with E-state index in [4.69, 9.17) is 19.4 Å². The Morgan fingerprint density at radius 3 is 2.72 bits per heavy atom. The maximum absolute atomic E-state index is 6.29. The number of likely N-dealkylation sites (N-methyl/N-ethyl adjacent to an activating group) is 1. The Kier molecular flexibility index (Phi) is 7.80. The summed E-state index contributed by atoms with van der Waals surface area (Å²) < 4.78 is 11.6. The number of aliphatic imine (C=N–C) groups is 2. The van der Waals surface area contributed by atoms with E-state index in [1.54, 1.807) is 7.11 Å². The molecule has 2 aromatic carbocycles. The van der Waals surface area contributed by atoms with Crippen molar-refractivity contribution in [3.63, 3.8) is 0 Å². The van der Waals surface area contributed by atoms with Gasteiger partial charge in [-0.25, -0.2) is 9.98 Å². The van der Waals surface area contributed by atoms with Gasteiger partial charge in [-0.2, -0.15) is 9.97 Å². The highest BCUT2D eigenvalue weighted by atomic mass is 16.5. The maximum atomic E-state index is 6.29. The van der Waals surface area contributed by atoms with Crippen LogP contribution in [0.25, 0.3) is 10.8 Å². The minimum absolute atomic E-state index is 0.0675. The molecule has 2 aliphatic heterocycles. The summed E-state index contributed by atoms with van der Waals surface area (Å²) in [6.45, 7) is 6.24. The largest absolute Gasteiger partial charge is 0.462 e. The smallest absolute Gasteiger partial charge is 0.318 e. The molecule has 9 nitrogen and oxygen atoms in total. The SMILES string of the molecule is COCC1(N=C=NC2CC(Nc3nc(OC[C@@H]4CCCN4C)nc4c3CCN(c3cccc5cccc(C)c35)C4)C2)CC1. The number of benzene rings is 2. The number of fused-ring (bicyclic) bond motifs is 2. The lowest BCUT2D eigenvalue weighted by atomic mass is 9.87. The number of hydrogen-bond acceptors (Lipinski definition) is 9. The van der Waals surface area contributed by atoms with Crippen LogP contribution >= 0.6 is 0 Å². The Labute approximate surface area is 254 Å². The lowest BCUT2D eigenvalue weighted by Gasteiger charge is -2.35. The van der Waals surface area contributed by atoms with Crippen LogP contribution in [0.2, 0.25) is 0 Å². The van der Waals surface area contributed by atoms with Gasteiger partial charge in [-0.15, -0.1) is 0 Å². The number of nitrogens with one attached hydrogen (secondary N) is 1. The quantitative estimate of drug-likeness (QED) is 0.327. The molecule has 2 aliphatic carbocycles. The van der Waals surface area contributed by atoms with Crippen molar-refractivity contribution in [3.8, 4) is 6.01 Å². The summed E-state index contributed by atoms with van der Waals surface area (Å²) in [4.78, 5) is 24.0. The second kappa shape index (κ2) is 11.9. The summed E-state index contributed by atoms with van der Waals surface area (Å²) in [7, 11) is 3.90. The van der Waals surface area contributed by atoms with Crippen LogP contribution in [0.15, 0.2) is 46.4 Å². The van der Waals surface area contributed by atoms with Crippen LogP contribution in [-0.2, 0) is 17.7 Å². The van der Waals surface area contributed by atoms with Gasteiger partial charge in [0.1, 0.15) is 12.4 Å². The summed E-state index contributed by atoms with van der Waals surface area (Å²) in [5.74, 6) is 0.923. The number of anilines is 2. The molecule has 0 radical (unpaired) electrons. The zero-order chi connectivity index (χ0) is 29.4. The van der Waals surface area contributed by atoms with Gasteiger partial charge >= 0.3 is 6.01 Å². The van der Waals surface area contributed by atoms with Crippen molar-refractivity contribution in [2.75, 3.05) is 50.7 Å². The Hall–Kier alpha value is -3.52. The fraction of sp³-hybridized carbons (Fsp3) is 0.559. The van der Waals surface area contributed by atoms with E-state index in [0.717, 1.165) is 69.7 Å². The van der Waals surface area contributed by atoms with Crippen LogP contribution in [-0.4, -0.2) is 85.0 Å². The van der Waals surface area contributed by atoms with Gasteiger partial charge in [0, 0.05) is 42.4 Å². The fourth-order valence-electron chi connectivity index (χ4n) is 6.85. The molecule has 1 saturated heterocycles. The molecule has 1 aromatic heterocycles. The van der Waals surface area contributed by atoms with Gasteiger partial charge < -0.3 is 24.6 Å². The van der Waals surface area contributed by atoms with Gasteiger partial charge in [0.25, 0.3) is 0 Å². The molecular weight excluding hydrogens is 538 g/mol. The highest BCUT2D eigenvalue weighted by Crippen LogP contribution is 2.40. The first-order valence-electron chi connectivity index (χ1n) is 15.9. The van der Waals surface area contributed by atoms with E-state index in [9.17, 15) is 0 Å². The van der Waals surface area contributed by atoms with Crippen LogP contribution < -0.4 is 15.0 Å². The monoisotopic (exact) mass is 581 g/mol. The van der Waals surface area contributed by atoms with E-state index in [1.807, 2.05) is 0 Å². The first kappa shape index (κ1) is 28.3. The standard InChI is InChI=1S/C34H43N7O2/c1-23-7-4-8-24-9-5-11-30(31(23)24)41-16-12-28-29(19-41)38-33(43-20-27-10-6-15-40(27)2)39-32(28)37-26-17-25(18-26)35-22-36-34(13-14-34)21-42-3/h4-5,7-9,11,25-27H,6,10,12-21H2,1-3H3,(H,37,38,39)/t25?,26?,27-/m0/s1. The average Bonchev–Trinajstić information content (AvgIpc) is 3.63. The molecule has 0 bridgehead atoms. The van der Waals surface area contributed by atoms with Crippen molar-refractivity contribution in [1.82, 2.24) is 14.9 Å². The molecule has 1 atom stereocenters. The molecular formula is C34H43N7O2. The van der Waals surface area contributed by atoms with E-state index in [1.165, 1.54) is 34.0 Å². The Balaban J connectivity index is 1.10. The molecule has 0 amide bonds. The first-order chi connectivity index (χ1) is 21.0. The molecule has 7 rings (SSSR count). The third-order valence-electron chi connectivity index (χ3n) is 9.77. The lowest BCUT2D eigenvalue weighted by molar-refractivity contribution is 0.174. The van der Waals surface area contributed by atoms with Crippen molar-refractivity contribution >= 4 is 28.3 Å². The second-order valence-corrected chi connectivity index (χ2v) is 13.0. The molecule has 3 heterocycles. The van der Waals surface area contributed by atoms with Gasteiger partial charge in [-0.05, 0) is 82.5 Å². The normalized spacial score (nSPS) is 24.2. The predicted octanol–water partition coefficient (Wildman–Crippen LogP) is 5.27. The van der Waals surface area contributed by atoms with Crippen molar-refractivity contribution in [2.24, 2.45) is 9.98 Å². The molecule has 0 unspecified atom stereocenters. The number of nitrogens with zero attached hydrogens (tertiary/aromatic N) is 6. The average molecular weight is 582 g/mol. The summed E-state index contributed by atoms with van der Waals surface area (Å²) in [6.07, 6.45) is 7.28. The van der Waals surface area contributed by atoms with Crippen LogP contribution in [0.4, 0.5) is 11.5 Å². The Morgan fingerprint density at radius 1 is 1.12 bits per heavy atom. The zero-order valence-electron chi connectivity index (χ0n) is 25.7. The number of ether oxygens (including phenoxy) is 2. The number of hydrogen-bond donors (Lipinski definition) is 1. The molecule has 4 aliphatic rings. The minimum atomic E-state index is -0.0675. The fourth-order valence-corrected chi connectivity index (χ4v) is 6.85. The number of likely N-dealkylation sites (tertiary alicyclic amines) is 1. The van der Waals surface area contributed by atoms with Gasteiger partial charge in [-0.1, -0.05) is 30.3 Å². The highest BCUT2D eigenvalue weighted by molar-refractivity contribution is 5.97. The summed E-state index contributed by atoms with van der Waals surface area (Å²) in [5, 5.41) is 6.34. The first-order valence-corrected chi connectivity index (χ1v) is 15.9. The minimum Gasteiger partial charge on any atom is -0.462 e. The van der Waals surface area contributed by atoms with E-state index in [-0.39, 0.29) is 11.6 Å². The van der Waals surface area contributed by atoms with E-state index < -0.39 is 0 Å². The summed E-state index contributed by atoms with van der Waals surface area (Å²) in [6, 6.07) is 17.6. The predicted molar refractivity (Wildman–Crippen MR) is 171 cm³/mol. The molecule has 1 N–H and O–H groups in total. The van der Waals surface area contributed by atoms with Gasteiger partial charge in [-0.3, -0.25) is 0 Å². The third kappa shape index (κ3) is 5.99. The van der Waals surface area contributed by atoms with Crippen molar-refractivity contribution in [2.45, 2.75) is 82.1 Å². The molecule has 3 fully saturated rings. The van der Waals surface area contributed by atoms with Crippen LogP contribution in [0.3, 0.4) is 0 Å². The molecule has 0 spiro atoms. The topological polar surface area (TPSA) is 87.5 Å². The zero-order valence-corrected chi connectivity index (χ0v) is 25.7. The maximum Gasteiger partial charge on any atom is 0.318 e. The van der Waals surface area contributed by atoms with Gasteiger partial charge in [0.15, 0.2) is 0 Å². The number of aryl methyl sites for hydroxylation is 1. The summed E-state index contributed by atoms with van der Waals surface area (Å²) >= 11 is 0. The Morgan fingerprint density at radius 2 is 1.95 bits per heavy atom. The van der Waals surface area contributed by atoms with Crippen molar-refractivity contribution in [1.29, 1.82) is 0 Å². The molecule has 3 aromatic rings. The van der Waals surface area contributed by atoms with E-state index in [0.29, 0.717) is 31.3 Å². The number of methoxy groups -OCH3 is 1. The molecule has 226 valence electrons. The number of rotatable bonds is 10. The van der Waals surface area contributed by atoms with Crippen molar-refractivity contribution in [3.05, 3.63) is 53.2 Å². The lowest BCUT2D eigenvalue weighted by Crippen LogP contribution is -2.39. The van der Waals surface area contributed by atoms with Crippen LogP contribution in [0, 0.1) is 6.92 Å². The summed E-state index contributed by atoms with van der Waals surface area (Å²) in [5.41, 5.74) is 4.76.